The molecule has 0 saturated carbocycles. The van der Waals surface area contributed by atoms with Gasteiger partial charge >= 0.3 is 5.97 Å². The van der Waals surface area contributed by atoms with Gasteiger partial charge in [0.1, 0.15) is 18.8 Å². The molecule has 2 amide bonds. The Balaban J connectivity index is 1.85. The molecular formula is C28H34N4O5S. The molecule has 202 valence electrons. The van der Waals surface area contributed by atoms with Crippen LogP contribution in [0.1, 0.15) is 30.9 Å². The third-order valence-corrected chi connectivity index (χ3v) is 7.91. The molecule has 2 aliphatic heterocycles. The lowest BCUT2D eigenvalue weighted by Gasteiger charge is -2.44. The van der Waals surface area contributed by atoms with Gasteiger partial charge in [-0.05, 0) is 56.5 Å². The maximum Gasteiger partial charge on any atom is 0.325 e. The van der Waals surface area contributed by atoms with E-state index in [1.807, 2.05) is 31.2 Å². The quantitative estimate of drug-likeness (QED) is 0.541. The topological polar surface area (TPSA) is 101 Å². The van der Waals surface area contributed by atoms with Gasteiger partial charge in [-0.15, -0.1) is 0 Å². The lowest BCUT2D eigenvalue weighted by Crippen LogP contribution is -2.62. The van der Waals surface area contributed by atoms with Gasteiger partial charge in [-0.25, -0.2) is 0 Å². The van der Waals surface area contributed by atoms with Crippen molar-refractivity contribution in [3.63, 3.8) is 0 Å². The lowest BCUT2D eigenvalue weighted by atomic mass is 9.87. The first-order valence-electron chi connectivity index (χ1n) is 12.8. The van der Waals surface area contributed by atoms with Crippen LogP contribution in [0, 0.1) is 6.92 Å². The van der Waals surface area contributed by atoms with Crippen LogP contribution in [0.15, 0.2) is 53.5 Å². The maximum absolute atomic E-state index is 14.3. The van der Waals surface area contributed by atoms with Crippen LogP contribution >= 0.6 is 11.8 Å². The molecule has 4 rings (SSSR count). The Morgan fingerprint density at radius 3 is 2.39 bits per heavy atom. The van der Waals surface area contributed by atoms with Crippen molar-refractivity contribution in [1.29, 1.82) is 0 Å². The molecule has 0 aromatic heterocycles. The van der Waals surface area contributed by atoms with Crippen molar-refractivity contribution in [1.82, 2.24) is 10.2 Å². The van der Waals surface area contributed by atoms with Gasteiger partial charge < -0.3 is 19.7 Å². The number of ether oxygens (including phenoxy) is 2. The van der Waals surface area contributed by atoms with Crippen molar-refractivity contribution < 1.29 is 23.9 Å². The number of amides is 2. The van der Waals surface area contributed by atoms with Crippen LogP contribution in [0.25, 0.3) is 0 Å². The highest BCUT2D eigenvalue weighted by atomic mass is 32.2. The highest BCUT2D eigenvalue weighted by Crippen LogP contribution is 2.39. The van der Waals surface area contributed by atoms with E-state index in [9.17, 15) is 14.4 Å². The van der Waals surface area contributed by atoms with E-state index in [0.717, 1.165) is 36.7 Å². The molecule has 2 heterocycles. The summed E-state index contributed by atoms with van der Waals surface area (Å²) in [4.78, 5) is 48.8. The molecular weight excluding hydrogens is 504 g/mol. The molecule has 0 bridgehead atoms. The van der Waals surface area contributed by atoms with Gasteiger partial charge in [0.15, 0.2) is 10.7 Å². The molecule has 1 fully saturated rings. The smallest absolute Gasteiger partial charge is 0.325 e. The van der Waals surface area contributed by atoms with Crippen molar-refractivity contribution in [2.75, 3.05) is 50.5 Å². The third kappa shape index (κ3) is 5.80. The number of amidine groups is 1. The second kappa shape index (κ2) is 12.3. The molecule has 9 nitrogen and oxygen atoms in total. The van der Waals surface area contributed by atoms with E-state index in [4.69, 9.17) is 9.47 Å². The number of aryl methyl sites for hydroxylation is 1. The second-order valence-electron chi connectivity index (χ2n) is 9.22. The summed E-state index contributed by atoms with van der Waals surface area (Å²) in [6, 6.07) is 14.6. The molecule has 1 N–H and O–H groups in total. The molecule has 10 heteroatoms. The summed E-state index contributed by atoms with van der Waals surface area (Å²) < 4.78 is 10.4. The van der Waals surface area contributed by atoms with Crippen LogP contribution in [-0.4, -0.2) is 73.5 Å². The molecule has 2 aromatic rings. The SMILES string of the molecule is CCOC(=O)CNC(=O)C1(c2ccc(C)cc2)CSC(N2CCCC2)=NCC(=O)N1c1ccc(OC)cc1. The Bertz CT molecular complexity index is 1180. The Kier molecular flexibility index (Phi) is 8.93. The zero-order valence-corrected chi connectivity index (χ0v) is 22.9. The van der Waals surface area contributed by atoms with Gasteiger partial charge in [-0.3, -0.25) is 24.3 Å². The van der Waals surface area contributed by atoms with E-state index >= 15 is 0 Å². The first-order chi connectivity index (χ1) is 18.4. The zero-order valence-electron chi connectivity index (χ0n) is 22.1. The van der Waals surface area contributed by atoms with Crippen molar-refractivity contribution in [2.24, 2.45) is 4.99 Å². The second-order valence-corrected chi connectivity index (χ2v) is 10.2. The number of benzene rings is 2. The van der Waals surface area contributed by atoms with Crippen LogP contribution in [0.2, 0.25) is 0 Å². The Labute approximate surface area is 227 Å². The van der Waals surface area contributed by atoms with Crippen LogP contribution in [0.3, 0.4) is 0 Å². The molecule has 1 unspecified atom stereocenters. The monoisotopic (exact) mass is 538 g/mol. The number of rotatable bonds is 7. The molecule has 38 heavy (non-hydrogen) atoms. The van der Waals surface area contributed by atoms with E-state index < -0.39 is 17.4 Å². The molecule has 0 spiro atoms. The lowest BCUT2D eigenvalue weighted by molar-refractivity contribution is -0.144. The molecule has 2 aromatic carbocycles. The number of nitrogens with one attached hydrogen (secondary N) is 1. The summed E-state index contributed by atoms with van der Waals surface area (Å²) >= 11 is 1.46. The fourth-order valence-corrected chi connectivity index (χ4v) is 6.03. The van der Waals surface area contributed by atoms with E-state index in [1.165, 1.54) is 16.7 Å². The average Bonchev–Trinajstić information content (AvgIpc) is 3.45. The van der Waals surface area contributed by atoms with Gasteiger partial charge in [0, 0.05) is 24.5 Å². The molecule has 1 atom stereocenters. The van der Waals surface area contributed by atoms with Crippen molar-refractivity contribution in [2.45, 2.75) is 32.2 Å². The normalized spacial score (nSPS) is 19.9. The Morgan fingerprint density at radius 1 is 1.08 bits per heavy atom. The van der Waals surface area contributed by atoms with Crippen LogP contribution in [0.4, 0.5) is 5.69 Å². The number of nitrogens with zero attached hydrogens (tertiary/aromatic N) is 3. The van der Waals surface area contributed by atoms with E-state index in [-0.39, 0.29) is 31.4 Å². The highest BCUT2D eigenvalue weighted by molar-refractivity contribution is 8.13. The predicted molar refractivity (Wildman–Crippen MR) is 149 cm³/mol. The molecule has 1 saturated heterocycles. The number of thioether (sulfide) groups is 1. The summed E-state index contributed by atoms with van der Waals surface area (Å²) in [7, 11) is 1.57. The minimum absolute atomic E-state index is 0.108. The summed E-state index contributed by atoms with van der Waals surface area (Å²) in [5.41, 5.74) is 0.736. The number of methoxy groups -OCH3 is 1. The fraction of sp³-hybridized carbons (Fsp3) is 0.429. The number of anilines is 1. The predicted octanol–water partition coefficient (Wildman–Crippen LogP) is 3.11. The van der Waals surface area contributed by atoms with Crippen LogP contribution < -0.4 is 15.0 Å². The average molecular weight is 539 g/mol. The van der Waals surface area contributed by atoms with Crippen molar-refractivity contribution in [3.05, 3.63) is 59.7 Å². The van der Waals surface area contributed by atoms with Gasteiger partial charge in [-0.1, -0.05) is 41.6 Å². The Hall–Kier alpha value is -3.53. The standard InChI is InChI=1S/C28H34N4O5S/c1-4-37-25(34)18-29-26(35)28(21-9-7-20(2)8-10-21)19-38-27(31-15-5-6-16-31)30-17-24(33)32(28)22-11-13-23(36-3)14-12-22/h7-14H,4-6,15-19H2,1-3H3,(H,29,35). The van der Waals surface area contributed by atoms with E-state index in [2.05, 4.69) is 15.2 Å². The minimum Gasteiger partial charge on any atom is -0.497 e. The largest absolute Gasteiger partial charge is 0.497 e. The maximum atomic E-state index is 14.3. The van der Waals surface area contributed by atoms with Gasteiger partial charge in [0.25, 0.3) is 5.91 Å². The van der Waals surface area contributed by atoms with Crippen molar-refractivity contribution >= 4 is 40.4 Å². The van der Waals surface area contributed by atoms with Gasteiger partial charge in [-0.2, -0.15) is 0 Å². The number of esters is 1. The first kappa shape index (κ1) is 27.5. The fourth-order valence-electron chi connectivity index (χ4n) is 4.74. The summed E-state index contributed by atoms with van der Waals surface area (Å²) in [5, 5.41) is 3.53. The van der Waals surface area contributed by atoms with E-state index in [0.29, 0.717) is 17.0 Å². The first-order valence-corrected chi connectivity index (χ1v) is 13.8. The summed E-state index contributed by atoms with van der Waals surface area (Å²) in [5.74, 6) is -0.491. The number of likely N-dealkylation sites (tertiary alicyclic amines) is 1. The molecule has 0 radical (unpaired) electrons. The zero-order chi connectivity index (χ0) is 27.1. The Morgan fingerprint density at radius 2 is 1.76 bits per heavy atom. The van der Waals surface area contributed by atoms with Crippen LogP contribution in [-0.2, 0) is 24.7 Å². The number of carbonyl (C=O) groups excluding carboxylic acids is 3. The summed E-state index contributed by atoms with van der Waals surface area (Å²) in [6.45, 7) is 5.21. The number of hydrogen-bond acceptors (Lipinski definition) is 8. The number of carbonyl (C=O) groups is 3. The summed E-state index contributed by atoms with van der Waals surface area (Å²) in [6.07, 6.45) is 2.13. The molecule has 2 aliphatic rings. The molecule has 0 aliphatic carbocycles. The third-order valence-electron chi connectivity index (χ3n) is 6.70. The van der Waals surface area contributed by atoms with Gasteiger partial charge in [0.2, 0.25) is 5.91 Å². The minimum atomic E-state index is -1.46. The van der Waals surface area contributed by atoms with Gasteiger partial charge in [0.05, 0.1) is 13.7 Å². The van der Waals surface area contributed by atoms with E-state index in [1.54, 1.807) is 38.3 Å². The number of aliphatic imine (C=N–C) groups is 1. The van der Waals surface area contributed by atoms with Crippen molar-refractivity contribution in [3.8, 4) is 5.75 Å². The number of hydrogen-bond donors (Lipinski definition) is 1. The highest BCUT2D eigenvalue weighted by Gasteiger charge is 2.50. The van der Waals surface area contributed by atoms with Crippen LogP contribution in [0.5, 0.6) is 5.75 Å².